The van der Waals surface area contributed by atoms with Crippen molar-refractivity contribution in [2.75, 3.05) is 20.2 Å². The maximum Gasteiger partial charge on any atom is 0.0597 e. The summed E-state index contributed by atoms with van der Waals surface area (Å²) >= 11 is 1.78. The molecule has 18 heavy (non-hydrogen) atoms. The van der Waals surface area contributed by atoms with E-state index in [2.05, 4.69) is 50.2 Å². The standard InChI is InChI=1S/C14H26N2OS/c1-5-12(15)14(13-7-6-10-18-13)16(4)8-9-17-11(2)3/h6-7,10-12,14H,5,8-9,15H2,1-4H3. The average Bonchev–Trinajstić information content (AvgIpc) is 2.82. The molecule has 0 saturated carbocycles. The normalized spacial score (nSPS) is 15.3. The Hall–Kier alpha value is -0.420. The summed E-state index contributed by atoms with van der Waals surface area (Å²) in [6, 6.07) is 4.73. The van der Waals surface area contributed by atoms with E-state index in [1.54, 1.807) is 11.3 Å². The Morgan fingerprint density at radius 3 is 2.67 bits per heavy atom. The van der Waals surface area contributed by atoms with Gasteiger partial charge in [0.05, 0.1) is 18.8 Å². The zero-order valence-electron chi connectivity index (χ0n) is 11.9. The highest BCUT2D eigenvalue weighted by Crippen LogP contribution is 2.27. The van der Waals surface area contributed by atoms with E-state index in [4.69, 9.17) is 10.5 Å². The summed E-state index contributed by atoms with van der Waals surface area (Å²) in [5, 5.41) is 2.11. The molecule has 0 radical (unpaired) electrons. The van der Waals surface area contributed by atoms with Gasteiger partial charge in [0.2, 0.25) is 0 Å². The predicted molar refractivity (Wildman–Crippen MR) is 79.0 cm³/mol. The Balaban J connectivity index is 2.60. The lowest BCUT2D eigenvalue weighted by Crippen LogP contribution is -2.40. The molecule has 1 aromatic rings. The molecular formula is C14H26N2OS. The molecule has 4 heteroatoms. The Morgan fingerprint density at radius 1 is 1.44 bits per heavy atom. The summed E-state index contributed by atoms with van der Waals surface area (Å²) in [6.45, 7) is 7.94. The van der Waals surface area contributed by atoms with Gasteiger partial charge in [-0.15, -0.1) is 11.3 Å². The third-order valence-electron chi connectivity index (χ3n) is 3.08. The third kappa shape index (κ3) is 4.69. The van der Waals surface area contributed by atoms with Crippen molar-refractivity contribution in [1.82, 2.24) is 4.90 Å². The van der Waals surface area contributed by atoms with Gasteiger partial charge in [0.1, 0.15) is 0 Å². The van der Waals surface area contributed by atoms with Crippen LogP contribution in [0.5, 0.6) is 0 Å². The van der Waals surface area contributed by atoms with Crippen LogP contribution in [0.1, 0.15) is 38.1 Å². The molecule has 0 fully saturated rings. The van der Waals surface area contributed by atoms with E-state index in [1.165, 1.54) is 4.88 Å². The van der Waals surface area contributed by atoms with E-state index in [-0.39, 0.29) is 6.04 Å². The molecule has 2 atom stereocenters. The van der Waals surface area contributed by atoms with Crippen LogP contribution in [0.3, 0.4) is 0 Å². The van der Waals surface area contributed by atoms with Crippen LogP contribution in [0.15, 0.2) is 17.5 Å². The lowest BCUT2D eigenvalue weighted by atomic mass is 10.0. The largest absolute Gasteiger partial charge is 0.377 e. The van der Waals surface area contributed by atoms with Crippen LogP contribution < -0.4 is 5.73 Å². The van der Waals surface area contributed by atoms with Crippen molar-refractivity contribution in [1.29, 1.82) is 0 Å². The van der Waals surface area contributed by atoms with Gasteiger partial charge in [-0.05, 0) is 38.8 Å². The lowest BCUT2D eigenvalue weighted by molar-refractivity contribution is 0.0531. The molecule has 0 saturated heterocycles. The zero-order chi connectivity index (χ0) is 13.5. The first-order valence-corrected chi connectivity index (χ1v) is 7.55. The molecule has 3 nitrogen and oxygen atoms in total. The Morgan fingerprint density at radius 2 is 2.17 bits per heavy atom. The number of nitrogens with zero attached hydrogens (tertiary/aromatic N) is 1. The fraction of sp³-hybridized carbons (Fsp3) is 0.714. The molecule has 104 valence electrons. The minimum atomic E-state index is 0.174. The fourth-order valence-electron chi connectivity index (χ4n) is 2.01. The van der Waals surface area contributed by atoms with Crippen LogP contribution in [-0.2, 0) is 4.74 Å². The van der Waals surface area contributed by atoms with Crippen LogP contribution in [0.2, 0.25) is 0 Å². The smallest absolute Gasteiger partial charge is 0.0597 e. The monoisotopic (exact) mass is 270 g/mol. The summed E-state index contributed by atoms with van der Waals surface area (Å²) < 4.78 is 5.61. The van der Waals surface area contributed by atoms with Crippen LogP contribution in [-0.4, -0.2) is 37.2 Å². The van der Waals surface area contributed by atoms with Gasteiger partial charge >= 0.3 is 0 Å². The van der Waals surface area contributed by atoms with Crippen molar-refractivity contribution in [2.24, 2.45) is 5.73 Å². The summed E-state index contributed by atoms with van der Waals surface area (Å²) in [6.07, 6.45) is 1.27. The summed E-state index contributed by atoms with van der Waals surface area (Å²) in [4.78, 5) is 3.65. The van der Waals surface area contributed by atoms with Gasteiger partial charge in [0.25, 0.3) is 0 Å². The van der Waals surface area contributed by atoms with E-state index < -0.39 is 0 Å². The van der Waals surface area contributed by atoms with Gasteiger partial charge in [-0.1, -0.05) is 13.0 Å². The highest BCUT2D eigenvalue weighted by molar-refractivity contribution is 7.10. The van der Waals surface area contributed by atoms with Gasteiger partial charge in [0, 0.05) is 17.5 Å². The molecule has 2 unspecified atom stereocenters. The zero-order valence-corrected chi connectivity index (χ0v) is 12.7. The summed E-state index contributed by atoms with van der Waals surface area (Å²) in [7, 11) is 2.13. The van der Waals surface area contributed by atoms with Crippen molar-refractivity contribution >= 4 is 11.3 Å². The highest BCUT2D eigenvalue weighted by atomic mass is 32.1. The third-order valence-corrected chi connectivity index (χ3v) is 4.02. The number of likely N-dealkylation sites (N-methyl/N-ethyl adjacent to an activating group) is 1. The first-order chi connectivity index (χ1) is 8.56. The quantitative estimate of drug-likeness (QED) is 0.789. The lowest BCUT2D eigenvalue weighted by Gasteiger charge is -2.31. The molecular weight excluding hydrogens is 244 g/mol. The van der Waals surface area contributed by atoms with Crippen molar-refractivity contribution in [3.63, 3.8) is 0 Å². The second-order valence-corrected chi connectivity index (χ2v) is 5.91. The van der Waals surface area contributed by atoms with Crippen molar-refractivity contribution in [3.8, 4) is 0 Å². The number of rotatable bonds is 8. The fourth-order valence-corrected chi connectivity index (χ4v) is 2.97. The molecule has 0 bridgehead atoms. The number of hydrogen-bond donors (Lipinski definition) is 1. The summed E-state index contributed by atoms with van der Waals surface area (Å²) in [5.41, 5.74) is 6.27. The van der Waals surface area contributed by atoms with Crippen LogP contribution in [0.25, 0.3) is 0 Å². The van der Waals surface area contributed by atoms with Crippen LogP contribution in [0.4, 0.5) is 0 Å². The van der Waals surface area contributed by atoms with Gasteiger partial charge in [0.15, 0.2) is 0 Å². The van der Waals surface area contributed by atoms with Crippen LogP contribution >= 0.6 is 11.3 Å². The van der Waals surface area contributed by atoms with E-state index in [0.717, 1.165) is 19.6 Å². The second-order valence-electron chi connectivity index (χ2n) is 4.93. The number of ether oxygens (including phenoxy) is 1. The predicted octanol–water partition coefficient (Wildman–Crippen LogP) is 2.88. The number of thiophene rings is 1. The topological polar surface area (TPSA) is 38.5 Å². The molecule has 0 aromatic carbocycles. The molecule has 0 aliphatic carbocycles. The van der Waals surface area contributed by atoms with Crippen molar-refractivity contribution < 1.29 is 4.74 Å². The van der Waals surface area contributed by atoms with Crippen molar-refractivity contribution in [2.45, 2.75) is 45.4 Å². The molecule has 1 rings (SSSR count). The van der Waals surface area contributed by atoms with Gasteiger partial charge in [-0.3, -0.25) is 4.90 Å². The van der Waals surface area contributed by atoms with Gasteiger partial charge in [-0.25, -0.2) is 0 Å². The van der Waals surface area contributed by atoms with Crippen LogP contribution in [0, 0.1) is 0 Å². The molecule has 0 aliphatic heterocycles. The molecule has 0 spiro atoms. The molecule has 1 heterocycles. The molecule has 1 aromatic heterocycles. The minimum Gasteiger partial charge on any atom is -0.377 e. The van der Waals surface area contributed by atoms with E-state index in [0.29, 0.717) is 12.1 Å². The van der Waals surface area contributed by atoms with Crippen molar-refractivity contribution in [3.05, 3.63) is 22.4 Å². The number of nitrogens with two attached hydrogens (primary N) is 1. The highest BCUT2D eigenvalue weighted by Gasteiger charge is 2.23. The first-order valence-electron chi connectivity index (χ1n) is 6.67. The van der Waals surface area contributed by atoms with Gasteiger partial charge in [-0.2, -0.15) is 0 Å². The van der Waals surface area contributed by atoms with Gasteiger partial charge < -0.3 is 10.5 Å². The average molecular weight is 270 g/mol. The Bertz CT molecular complexity index is 314. The molecule has 0 aliphatic rings. The maximum atomic E-state index is 6.27. The number of hydrogen-bond acceptors (Lipinski definition) is 4. The Labute approximate surface area is 115 Å². The molecule has 2 N–H and O–H groups in total. The minimum absolute atomic E-state index is 0.174. The SMILES string of the molecule is CCC(N)C(c1cccs1)N(C)CCOC(C)C. The van der Waals surface area contributed by atoms with E-state index >= 15 is 0 Å². The van der Waals surface area contributed by atoms with E-state index in [1.807, 2.05) is 0 Å². The second kappa shape index (κ2) is 7.89. The first kappa shape index (κ1) is 15.6. The summed E-state index contributed by atoms with van der Waals surface area (Å²) in [5.74, 6) is 0. The van der Waals surface area contributed by atoms with E-state index in [9.17, 15) is 0 Å². The maximum absolute atomic E-state index is 6.27. The Kier molecular flexibility index (Phi) is 6.86. The molecule has 0 amide bonds.